The van der Waals surface area contributed by atoms with E-state index in [2.05, 4.69) is 31.4 Å². The maximum absolute atomic E-state index is 12.8. The van der Waals surface area contributed by atoms with Crippen molar-refractivity contribution in [2.45, 2.75) is 59.9 Å². The molecule has 186 valence electrons. The summed E-state index contributed by atoms with van der Waals surface area (Å²) in [5, 5.41) is 15.6. The third-order valence-corrected chi connectivity index (χ3v) is 5.14. The van der Waals surface area contributed by atoms with E-state index in [1.54, 1.807) is 37.3 Å². The van der Waals surface area contributed by atoms with Gasteiger partial charge in [-0.25, -0.2) is 4.79 Å². The molecular formula is C29H36N2O4. The zero-order valence-corrected chi connectivity index (χ0v) is 21.6. The Kier molecular flexibility index (Phi) is 9.46. The van der Waals surface area contributed by atoms with Crippen LogP contribution >= 0.6 is 0 Å². The second kappa shape index (κ2) is 12.1. The minimum atomic E-state index is -1.18. The maximum Gasteiger partial charge on any atom is 0.336 e. The van der Waals surface area contributed by atoms with Crippen molar-refractivity contribution in [1.82, 2.24) is 5.32 Å². The molecule has 0 atom stereocenters. The van der Waals surface area contributed by atoms with Crippen molar-refractivity contribution >= 4 is 17.6 Å². The van der Waals surface area contributed by atoms with Gasteiger partial charge in [0.05, 0.1) is 5.57 Å². The minimum Gasteiger partial charge on any atom is -0.478 e. The van der Waals surface area contributed by atoms with Crippen molar-refractivity contribution in [2.24, 2.45) is 0 Å². The number of hydrogen-bond acceptors (Lipinski definition) is 4. The highest BCUT2D eigenvalue weighted by Crippen LogP contribution is 2.27. The summed E-state index contributed by atoms with van der Waals surface area (Å²) in [6.45, 7) is 13.9. The summed E-state index contributed by atoms with van der Waals surface area (Å²) in [6.07, 6.45) is 4.58. The van der Waals surface area contributed by atoms with E-state index in [4.69, 9.17) is 4.74 Å². The quantitative estimate of drug-likeness (QED) is 0.281. The Labute approximate surface area is 208 Å². The Hall–Kier alpha value is -3.80. The molecule has 0 bridgehead atoms. The fourth-order valence-corrected chi connectivity index (χ4v) is 3.36. The first-order valence-electron chi connectivity index (χ1n) is 11.7. The lowest BCUT2D eigenvalue weighted by atomic mass is 9.87. The molecule has 2 aromatic carbocycles. The van der Waals surface area contributed by atoms with E-state index in [1.165, 1.54) is 17.7 Å². The molecule has 2 aromatic rings. The molecule has 3 N–H and O–H groups in total. The van der Waals surface area contributed by atoms with E-state index in [0.29, 0.717) is 11.4 Å². The molecule has 0 fully saturated rings. The first-order chi connectivity index (χ1) is 16.4. The van der Waals surface area contributed by atoms with E-state index < -0.39 is 11.9 Å². The molecule has 0 aliphatic rings. The summed E-state index contributed by atoms with van der Waals surface area (Å²) in [4.78, 5) is 24.7. The maximum atomic E-state index is 12.8. The lowest BCUT2D eigenvalue weighted by molar-refractivity contribution is -0.132. The van der Waals surface area contributed by atoms with Gasteiger partial charge in [-0.05, 0) is 87.2 Å². The number of aliphatic carboxylic acids is 1. The number of allylic oxidation sites excluding steroid dienone is 4. The second-order valence-electron chi connectivity index (χ2n) is 9.59. The summed E-state index contributed by atoms with van der Waals surface area (Å²) in [5.41, 5.74) is 2.61. The van der Waals surface area contributed by atoms with Crippen LogP contribution in [0.4, 0.5) is 5.69 Å². The number of carboxylic acid groups (broad SMARTS) is 1. The standard InChI is InChI=1S/C29H36N2O4/c1-8-25(26(28(33)34)18-9-20(4)30-19(2)3)27(32)31-22-12-16-24(17-13-22)35-23-14-10-21(11-15-23)29(5,6)7/h8-19,30H,1-7H3,(H,31,32)(H,33,34)/b20-9+,25-8+,26-18+. The Morgan fingerprint density at radius 2 is 1.46 bits per heavy atom. The van der Waals surface area contributed by atoms with Crippen LogP contribution in [0.1, 0.15) is 54.0 Å². The van der Waals surface area contributed by atoms with Crippen LogP contribution in [-0.4, -0.2) is 23.0 Å². The van der Waals surface area contributed by atoms with Crippen molar-refractivity contribution in [2.75, 3.05) is 5.32 Å². The number of benzene rings is 2. The molecule has 0 aromatic heterocycles. The van der Waals surface area contributed by atoms with E-state index >= 15 is 0 Å². The number of amides is 1. The molecule has 0 saturated carbocycles. The number of nitrogens with one attached hydrogen (secondary N) is 2. The molecule has 0 saturated heterocycles. The fraction of sp³-hybridized carbons (Fsp3) is 0.310. The number of carboxylic acids is 1. The summed E-state index contributed by atoms with van der Waals surface area (Å²) in [5.74, 6) is -0.335. The van der Waals surface area contributed by atoms with E-state index in [-0.39, 0.29) is 22.6 Å². The van der Waals surface area contributed by atoms with Crippen LogP contribution in [0.25, 0.3) is 0 Å². The van der Waals surface area contributed by atoms with Gasteiger partial charge in [-0.2, -0.15) is 0 Å². The average Bonchev–Trinajstić information content (AvgIpc) is 2.77. The van der Waals surface area contributed by atoms with Gasteiger partial charge in [-0.15, -0.1) is 0 Å². The van der Waals surface area contributed by atoms with Crippen LogP contribution in [0.2, 0.25) is 0 Å². The highest BCUT2D eigenvalue weighted by molar-refractivity contribution is 6.13. The SMILES string of the molecule is C\C=C(C(=O)Nc1ccc(Oc2ccc(C(C)(C)C)cc2)cc1)/C(=C\C=C(/C)NC(C)C)C(=O)O. The Balaban J connectivity index is 2.11. The van der Waals surface area contributed by atoms with Gasteiger partial charge in [0.15, 0.2) is 0 Å². The normalized spacial score (nSPS) is 13.0. The predicted molar refractivity (Wildman–Crippen MR) is 142 cm³/mol. The third kappa shape index (κ3) is 8.49. The van der Waals surface area contributed by atoms with Crippen LogP contribution in [-0.2, 0) is 15.0 Å². The zero-order chi connectivity index (χ0) is 26.2. The van der Waals surface area contributed by atoms with Crippen LogP contribution in [0.3, 0.4) is 0 Å². The van der Waals surface area contributed by atoms with Crippen LogP contribution in [0.5, 0.6) is 11.5 Å². The van der Waals surface area contributed by atoms with Crippen LogP contribution < -0.4 is 15.4 Å². The molecule has 0 unspecified atom stereocenters. The number of carbonyl (C=O) groups excluding carboxylic acids is 1. The fourth-order valence-electron chi connectivity index (χ4n) is 3.36. The lowest BCUT2D eigenvalue weighted by Crippen LogP contribution is -2.20. The lowest BCUT2D eigenvalue weighted by Gasteiger charge is -2.19. The molecule has 0 aliphatic heterocycles. The van der Waals surface area contributed by atoms with Gasteiger partial charge in [0.25, 0.3) is 5.91 Å². The summed E-state index contributed by atoms with van der Waals surface area (Å²) in [6, 6.07) is 15.1. The molecule has 1 amide bonds. The molecule has 35 heavy (non-hydrogen) atoms. The van der Waals surface area contributed by atoms with Gasteiger partial charge in [-0.1, -0.05) is 39.0 Å². The Morgan fingerprint density at radius 3 is 1.91 bits per heavy atom. The van der Waals surface area contributed by atoms with Crippen molar-refractivity contribution in [1.29, 1.82) is 0 Å². The van der Waals surface area contributed by atoms with Gasteiger partial charge in [0.2, 0.25) is 0 Å². The van der Waals surface area contributed by atoms with E-state index in [1.807, 2.05) is 45.0 Å². The second-order valence-corrected chi connectivity index (χ2v) is 9.59. The molecule has 0 aliphatic carbocycles. The molecular weight excluding hydrogens is 440 g/mol. The summed E-state index contributed by atoms with van der Waals surface area (Å²) < 4.78 is 5.90. The first kappa shape index (κ1) is 27.4. The molecule has 0 heterocycles. The molecule has 6 nitrogen and oxygen atoms in total. The number of hydrogen-bond donors (Lipinski definition) is 3. The number of anilines is 1. The van der Waals surface area contributed by atoms with Crippen LogP contribution in [0, 0.1) is 0 Å². The first-order valence-corrected chi connectivity index (χ1v) is 11.7. The number of ether oxygens (including phenoxy) is 1. The minimum absolute atomic E-state index is 0.0694. The van der Waals surface area contributed by atoms with Gasteiger partial charge < -0.3 is 20.5 Å². The smallest absolute Gasteiger partial charge is 0.336 e. The highest BCUT2D eigenvalue weighted by Gasteiger charge is 2.19. The predicted octanol–water partition coefficient (Wildman–Crippen LogP) is 6.57. The van der Waals surface area contributed by atoms with Gasteiger partial charge in [0, 0.05) is 23.0 Å². The van der Waals surface area contributed by atoms with Crippen LogP contribution in [0.15, 0.2) is 83.6 Å². The number of rotatable bonds is 9. The van der Waals surface area contributed by atoms with Gasteiger partial charge >= 0.3 is 5.97 Å². The van der Waals surface area contributed by atoms with E-state index in [9.17, 15) is 14.7 Å². The molecule has 0 radical (unpaired) electrons. The number of carbonyl (C=O) groups is 2. The highest BCUT2D eigenvalue weighted by atomic mass is 16.5. The topological polar surface area (TPSA) is 87.7 Å². The van der Waals surface area contributed by atoms with Crippen molar-refractivity contribution in [3.63, 3.8) is 0 Å². The van der Waals surface area contributed by atoms with Gasteiger partial charge in [0.1, 0.15) is 11.5 Å². The third-order valence-electron chi connectivity index (χ3n) is 5.14. The van der Waals surface area contributed by atoms with Crippen molar-refractivity contribution < 1.29 is 19.4 Å². The van der Waals surface area contributed by atoms with Crippen molar-refractivity contribution in [3.05, 3.63) is 89.2 Å². The van der Waals surface area contributed by atoms with Crippen molar-refractivity contribution in [3.8, 4) is 11.5 Å². The zero-order valence-electron chi connectivity index (χ0n) is 21.6. The Morgan fingerprint density at radius 1 is 0.914 bits per heavy atom. The summed E-state index contributed by atoms with van der Waals surface area (Å²) in [7, 11) is 0. The monoisotopic (exact) mass is 476 g/mol. The summed E-state index contributed by atoms with van der Waals surface area (Å²) >= 11 is 0. The van der Waals surface area contributed by atoms with Gasteiger partial charge in [-0.3, -0.25) is 4.79 Å². The molecule has 2 rings (SSSR count). The van der Waals surface area contributed by atoms with E-state index in [0.717, 1.165) is 11.4 Å². The average molecular weight is 477 g/mol. The molecule has 0 spiro atoms. The molecule has 6 heteroatoms. The largest absolute Gasteiger partial charge is 0.478 e. The Bertz CT molecular complexity index is 1120.